The number of halogens is 4. The van der Waals surface area contributed by atoms with E-state index in [1.165, 1.54) is 13.0 Å². The van der Waals surface area contributed by atoms with Crippen LogP contribution in [0.3, 0.4) is 0 Å². The molecule has 0 radical (unpaired) electrons. The minimum Gasteiger partial charge on any atom is -0.206 e. The minimum absolute atomic E-state index is 0.0386. The molecule has 0 aliphatic carbocycles. The highest BCUT2D eigenvalue weighted by Gasteiger charge is 2.34. The molecule has 4 heteroatoms. The van der Waals surface area contributed by atoms with Crippen LogP contribution in [0, 0.1) is 12.7 Å². The first-order valence-corrected chi connectivity index (χ1v) is 4.22. The Kier molecular flexibility index (Phi) is 2.83. The van der Waals surface area contributed by atoms with Crippen LogP contribution in [0.2, 0.25) is 0 Å². The zero-order valence-electron chi connectivity index (χ0n) is 7.87. The number of hydrogen-bond donors (Lipinski definition) is 0. The monoisotopic (exact) mass is 206 g/mol. The summed E-state index contributed by atoms with van der Waals surface area (Å²) >= 11 is 0. The molecule has 0 aliphatic heterocycles. The molecule has 0 spiro atoms. The van der Waals surface area contributed by atoms with E-state index in [1.807, 2.05) is 0 Å². The molecule has 0 aliphatic rings. The third kappa shape index (κ3) is 2.05. The lowest BCUT2D eigenvalue weighted by Gasteiger charge is -2.11. The average Bonchev–Trinajstić information content (AvgIpc) is 2.07. The molecule has 0 N–H and O–H groups in total. The molecule has 0 fully saturated rings. The second-order valence-corrected chi connectivity index (χ2v) is 3.13. The van der Waals surface area contributed by atoms with Gasteiger partial charge < -0.3 is 0 Å². The highest BCUT2D eigenvalue weighted by atomic mass is 19.4. The molecule has 0 aromatic heterocycles. The van der Waals surface area contributed by atoms with Crippen molar-refractivity contribution in [2.24, 2.45) is 0 Å². The molecule has 1 aromatic rings. The van der Waals surface area contributed by atoms with E-state index >= 15 is 0 Å². The van der Waals surface area contributed by atoms with Crippen molar-refractivity contribution >= 4 is 0 Å². The Bertz CT molecular complexity index is 339. The van der Waals surface area contributed by atoms with Crippen molar-refractivity contribution in [2.75, 3.05) is 0 Å². The quantitative estimate of drug-likeness (QED) is 0.614. The van der Waals surface area contributed by atoms with E-state index < -0.39 is 17.6 Å². The maximum absolute atomic E-state index is 13.1. The first-order valence-electron chi connectivity index (χ1n) is 4.22. The summed E-state index contributed by atoms with van der Waals surface area (Å²) in [6, 6.07) is 2.30. The van der Waals surface area contributed by atoms with Crippen molar-refractivity contribution in [3.63, 3.8) is 0 Å². The van der Waals surface area contributed by atoms with Crippen LogP contribution in [-0.4, -0.2) is 0 Å². The smallest absolute Gasteiger partial charge is 0.206 e. The second kappa shape index (κ2) is 3.59. The van der Waals surface area contributed by atoms with Crippen molar-refractivity contribution in [3.8, 4) is 0 Å². The summed E-state index contributed by atoms with van der Waals surface area (Å²) in [7, 11) is 0. The standard InChI is InChI=1S/C10H10F4/c1-3-7-4-6(2)9(11)8(5-7)10(12,13)14/h4-5H,3H2,1-2H3. The van der Waals surface area contributed by atoms with Crippen molar-refractivity contribution in [1.82, 2.24) is 0 Å². The fraction of sp³-hybridized carbons (Fsp3) is 0.400. The van der Waals surface area contributed by atoms with Gasteiger partial charge >= 0.3 is 6.18 Å². The molecule has 1 rings (SSSR count). The Hall–Kier alpha value is -1.06. The number of benzene rings is 1. The fourth-order valence-electron chi connectivity index (χ4n) is 1.25. The molecular formula is C10H10F4. The van der Waals surface area contributed by atoms with Gasteiger partial charge in [-0.2, -0.15) is 13.2 Å². The van der Waals surface area contributed by atoms with Gasteiger partial charge in [0.15, 0.2) is 0 Å². The van der Waals surface area contributed by atoms with E-state index in [0.29, 0.717) is 12.0 Å². The number of rotatable bonds is 1. The molecule has 0 unspecified atom stereocenters. The van der Waals surface area contributed by atoms with Gasteiger partial charge in [0.05, 0.1) is 5.56 Å². The number of hydrogen-bond acceptors (Lipinski definition) is 0. The Morgan fingerprint density at radius 3 is 2.21 bits per heavy atom. The normalized spacial score (nSPS) is 11.9. The molecule has 0 saturated carbocycles. The van der Waals surface area contributed by atoms with Gasteiger partial charge in [0.25, 0.3) is 0 Å². The lowest BCUT2D eigenvalue weighted by Crippen LogP contribution is -2.10. The Labute approximate surface area is 79.6 Å². The van der Waals surface area contributed by atoms with E-state index in [2.05, 4.69) is 0 Å². The summed E-state index contributed by atoms with van der Waals surface area (Å²) in [6.07, 6.45) is -4.15. The highest BCUT2D eigenvalue weighted by molar-refractivity contribution is 5.33. The summed E-state index contributed by atoms with van der Waals surface area (Å²) < 4.78 is 50.0. The van der Waals surface area contributed by atoms with E-state index in [0.717, 1.165) is 6.07 Å². The maximum Gasteiger partial charge on any atom is 0.419 e. The van der Waals surface area contributed by atoms with Gasteiger partial charge in [-0.25, -0.2) is 4.39 Å². The molecule has 0 nitrogen and oxygen atoms in total. The summed E-state index contributed by atoms with van der Waals surface area (Å²) in [5.41, 5.74) is -0.637. The van der Waals surface area contributed by atoms with E-state index in [4.69, 9.17) is 0 Å². The largest absolute Gasteiger partial charge is 0.419 e. The predicted octanol–water partition coefficient (Wildman–Crippen LogP) is 3.72. The molecule has 1 aromatic carbocycles. The highest BCUT2D eigenvalue weighted by Crippen LogP contribution is 2.33. The van der Waals surface area contributed by atoms with Crippen LogP contribution >= 0.6 is 0 Å². The molecule has 78 valence electrons. The fourth-order valence-corrected chi connectivity index (χ4v) is 1.25. The molecule has 0 saturated heterocycles. The molecular weight excluding hydrogens is 196 g/mol. The molecule has 14 heavy (non-hydrogen) atoms. The van der Waals surface area contributed by atoms with Crippen molar-refractivity contribution in [1.29, 1.82) is 0 Å². The Morgan fingerprint density at radius 2 is 1.79 bits per heavy atom. The number of alkyl halides is 3. The molecule has 0 heterocycles. The molecule has 0 bridgehead atoms. The van der Waals surface area contributed by atoms with Crippen LogP contribution in [0.4, 0.5) is 17.6 Å². The van der Waals surface area contributed by atoms with E-state index in [1.54, 1.807) is 6.92 Å². The summed E-state index contributed by atoms with van der Waals surface area (Å²) in [4.78, 5) is 0. The van der Waals surface area contributed by atoms with Gasteiger partial charge in [0.1, 0.15) is 5.82 Å². The first kappa shape index (κ1) is 11.0. The molecule has 0 amide bonds. The zero-order chi connectivity index (χ0) is 10.9. The molecule has 0 atom stereocenters. The summed E-state index contributed by atoms with van der Waals surface area (Å²) in [5.74, 6) is -1.17. The van der Waals surface area contributed by atoms with Gasteiger partial charge in [-0.1, -0.05) is 13.0 Å². The van der Waals surface area contributed by atoms with Gasteiger partial charge in [-0.05, 0) is 30.5 Å². The third-order valence-electron chi connectivity index (χ3n) is 2.03. The topological polar surface area (TPSA) is 0 Å². The third-order valence-corrected chi connectivity index (χ3v) is 2.03. The van der Waals surface area contributed by atoms with Crippen LogP contribution in [0.15, 0.2) is 12.1 Å². The van der Waals surface area contributed by atoms with Crippen molar-refractivity contribution in [3.05, 3.63) is 34.6 Å². The van der Waals surface area contributed by atoms with E-state index in [-0.39, 0.29) is 5.56 Å². The van der Waals surface area contributed by atoms with Crippen LogP contribution in [-0.2, 0) is 12.6 Å². The zero-order valence-corrected chi connectivity index (χ0v) is 7.87. The lowest BCUT2D eigenvalue weighted by molar-refractivity contribution is -0.140. The SMILES string of the molecule is CCc1cc(C)c(F)c(C(F)(F)F)c1. The van der Waals surface area contributed by atoms with Crippen LogP contribution < -0.4 is 0 Å². The second-order valence-electron chi connectivity index (χ2n) is 3.13. The van der Waals surface area contributed by atoms with Gasteiger partial charge in [0, 0.05) is 0 Å². The van der Waals surface area contributed by atoms with Gasteiger partial charge in [0.2, 0.25) is 0 Å². The minimum atomic E-state index is -4.61. The predicted molar refractivity (Wildman–Crippen MR) is 45.5 cm³/mol. The van der Waals surface area contributed by atoms with Crippen LogP contribution in [0.1, 0.15) is 23.6 Å². The van der Waals surface area contributed by atoms with Gasteiger partial charge in [-0.15, -0.1) is 0 Å². The lowest BCUT2D eigenvalue weighted by atomic mass is 10.0. The Balaban J connectivity index is 3.35. The van der Waals surface area contributed by atoms with Crippen LogP contribution in [0.5, 0.6) is 0 Å². The first-order chi connectivity index (χ1) is 6.36. The van der Waals surface area contributed by atoms with Gasteiger partial charge in [-0.3, -0.25) is 0 Å². The van der Waals surface area contributed by atoms with Crippen molar-refractivity contribution < 1.29 is 17.6 Å². The number of aryl methyl sites for hydroxylation is 2. The average molecular weight is 206 g/mol. The summed E-state index contributed by atoms with van der Waals surface area (Å²) in [5, 5.41) is 0. The summed E-state index contributed by atoms with van der Waals surface area (Å²) in [6.45, 7) is 3.07. The maximum atomic E-state index is 13.1. The Morgan fingerprint density at radius 1 is 1.21 bits per heavy atom. The van der Waals surface area contributed by atoms with Crippen LogP contribution in [0.25, 0.3) is 0 Å². The van der Waals surface area contributed by atoms with E-state index in [9.17, 15) is 17.6 Å². The van der Waals surface area contributed by atoms with Crippen molar-refractivity contribution in [2.45, 2.75) is 26.4 Å².